The van der Waals surface area contributed by atoms with Crippen LogP contribution in [0.2, 0.25) is 0 Å². The molecule has 0 saturated heterocycles. The first-order valence-electron chi connectivity index (χ1n) is 8.40. The highest BCUT2D eigenvalue weighted by Gasteiger charge is 2.19. The van der Waals surface area contributed by atoms with Crippen molar-refractivity contribution in [3.63, 3.8) is 0 Å². The van der Waals surface area contributed by atoms with Gasteiger partial charge in [-0.15, -0.1) is 0 Å². The zero-order valence-electron chi connectivity index (χ0n) is 14.2. The van der Waals surface area contributed by atoms with Crippen LogP contribution in [-0.2, 0) is 9.59 Å². The summed E-state index contributed by atoms with van der Waals surface area (Å²) in [7, 11) is 0. The molecule has 0 radical (unpaired) electrons. The van der Waals surface area contributed by atoms with Crippen LogP contribution < -0.4 is 10.6 Å². The van der Waals surface area contributed by atoms with E-state index in [0.29, 0.717) is 24.2 Å². The number of amides is 2. The van der Waals surface area contributed by atoms with Crippen molar-refractivity contribution in [2.24, 2.45) is 0 Å². The molecule has 0 aliphatic carbocycles. The van der Waals surface area contributed by atoms with E-state index in [1.165, 1.54) is 0 Å². The first-order chi connectivity index (χ1) is 11.7. The first kappa shape index (κ1) is 17.7. The second-order valence-electron chi connectivity index (χ2n) is 5.70. The van der Waals surface area contributed by atoms with Crippen LogP contribution in [-0.4, -0.2) is 11.8 Å². The molecule has 0 aliphatic heterocycles. The molecular formula is C20H24N2O2. The van der Waals surface area contributed by atoms with E-state index in [1.807, 2.05) is 56.3 Å². The van der Waals surface area contributed by atoms with E-state index >= 15 is 0 Å². The van der Waals surface area contributed by atoms with Crippen molar-refractivity contribution in [1.82, 2.24) is 0 Å². The molecule has 0 unspecified atom stereocenters. The highest BCUT2D eigenvalue weighted by molar-refractivity contribution is 6.01. The summed E-state index contributed by atoms with van der Waals surface area (Å²) in [4.78, 5) is 24.5. The molecular weight excluding hydrogens is 300 g/mol. The number of para-hydroxylation sites is 2. The molecule has 0 spiro atoms. The molecule has 24 heavy (non-hydrogen) atoms. The van der Waals surface area contributed by atoms with Gasteiger partial charge in [0, 0.05) is 6.42 Å². The molecule has 2 rings (SSSR count). The minimum Gasteiger partial charge on any atom is -0.324 e. The molecule has 0 fully saturated rings. The van der Waals surface area contributed by atoms with Crippen LogP contribution in [0.4, 0.5) is 11.4 Å². The van der Waals surface area contributed by atoms with Crippen molar-refractivity contribution in [3.05, 3.63) is 60.2 Å². The van der Waals surface area contributed by atoms with Crippen LogP contribution in [0.5, 0.6) is 0 Å². The molecule has 4 nitrogen and oxygen atoms in total. The Morgan fingerprint density at radius 2 is 1.46 bits per heavy atom. The Bertz CT molecular complexity index is 683. The summed E-state index contributed by atoms with van der Waals surface area (Å²) in [6.07, 6.45) is 1.95. The second-order valence-corrected chi connectivity index (χ2v) is 5.70. The average molecular weight is 324 g/mol. The molecule has 0 bridgehead atoms. The average Bonchev–Trinajstić information content (AvgIpc) is 2.58. The summed E-state index contributed by atoms with van der Waals surface area (Å²) in [5.74, 6) is -0.333. The van der Waals surface area contributed by atoms with Gasteiger partial charge in [-0.05, 0) is 30.5 Å². The van der Waals surface area contributed by atoms with Gasteiger partial charge < -0.3 is 10.6 Å². The number of nitrogens with one attached hydrogen (secondary N) is 2. The zero-order chi connectivity index (χ0) is 17.4. The molecule has 0 heterocycles. The van der Waals surface area contributed by atoms with Gasteiger partial charge in [0.25, 0.3) is 0 Å². The molecule has 2 aromatic rings. The third kappa shape index (κ3) is 4.69. The maximum atomic E-state index is 12.7. The summed E-state index contributed by atoms with van der Waals surface area (Å²) in [5, 5.41) is 5.81. The Kier molecular flexibility index (Phi) is 6.55. The number of carbonyl (C=O) groups excluding carboxylic acids is 2. The van der Waals surface area contributed by atoms with Crippen LogP contribution in [0.25, 0.3) is 0 Å². The zero-order valence-corrected chi connectivity index (χ0v) is 14.2. The van der Waals surface area contributed by atoms with E-state index in [0.717, 1.165) is 12.0 Å². The SMILES string of the molecule is CCCC(=O)Nc1ccccc1NC(=O)[C@H](CC)c1ccccc1. The van der Waals surface area contributed by atoms with Crippen LogP contribution in [0.1, 0.15) is 44.6 Å². The number of rotatable bonds is 7. The highest BCUT2D eigenvalue weighted by Crippen LogP contribution is 2.25. The van der Waals surface area contributed by atoms with Crippen molar-refractivity contribution in [3.8, 4) is 0 Å². The third-order valence-corrected chi connectivity index (χ3v) is 3.86. The summed E-state index contributed by atoms with van der Waals surface area (Å²) >= 11 is 0. The maximum Gasteiger partial charge on any atom is 0.231 e. The van der Waals surface area contributed by atoms with E-state index in [4.69, 9.17) is 0 Å². The predicted octanol–water partition coefficient (Wildman–Crippen LogP) is 4.56. The van der Waals surface area contributed by atoms with Gasteiger partial charge in [-0.1, -0.05) is 56.3 Å². The number of anilines is 2. The molecule has 2 N–H and O–H groups in total. The van der Waals surface area contributed by atoms with Crippen molar-refractivity contribution >= 4 is 23.2 Å². The van der Waals surface area contributed by atoms with Crippen LogP contribution >= 0.6 is 0 Å². The summed E-state index contributed by atoms with van der Waals surface area (Å²) in [6, 6.07) is 17.0. The molecule has 1 atom stereocenters. The molecule has 0 aromatic heterocycles. The molecule has 126 valence electrons. The number of hydrogen-bond donors (Lipinski definition) is 2. The van der Waals surface area contributed by atoms with Crippen LogP contribution in [0, 0.1) is 0 Å². The quantitative estimate of drug-likeness (QED) is 0.784. The van der Waals surface area contributed by atoms with E-state index in [1.54, 1.807) is 12.1 Å². The van der Waals surface area contributed by atoms with Crippen molar-refractivity contribution in [1.29, 1.82) is 0 Å². The summed E-state index contributed by atoms with van der Waals surface area (Å²) in [6.45, 7) is 3.95. The van der Waals surface area contributed by atoms with Crippen LogP contribution in [0.15, 0.2) is 54.6 Å². The standard InChI is InChI=1S/C20H24N2O2/c1-3-10-19(23)21-17-13-8-9-14-18(17)22-20(24)16(4-2)15-11-6-5-7-12-15/h5-9,11-14,16H,3-4,10H2,1-2H3,(H,21,23)(H,22,24)/t16-/m1/s1. The van der Waals surface area contributed by atoms with Gasteiger partial charge in [0.15, 0.2) is 0 Å². The third-order valence-electron chi connectivity index (χ3n) is 3.86. The molecule has 0 saturated carbocycles. The Morgan fingerprint density at radius 1 is 0.875 bits per heavy atom. The second kappa shape index (κ2) is 8.87. The maximum absolute atomic E-state index is 12.7. The lowest BCUT2D eigenvalue weighted by atomic mass is 9.95. The van der Waals surface area contributed by atoms with Crippen molar-refractivity contribution in [2.45, 2.75) is 39.0 Å². The van der Waals surface area contributed by atoms with E-state index in [2.05, 4.69) is 10.6 Å². The molecule has 2 aromatic carbocycles. The normalized spacial score (nSPS) is 11.6. The van der Waals surface area contributed by atoms with Gasteiger partial charge in [-0.25, -0.2) is 0 Å². The first-order valence-corrected chi connectivity index (χ1v) is 8.40. The largest absolute Gasteiger partial charge is 0.324 e. The van der Waals surface area contributed by atoms with Crippen molar-refractivity contribution in [2.75, 3.05) is 10.6 Å². The lowest BCUT2D eigenvalue weighted by molar-refractivity contribution is -0.118. The molecule has 0 aliphatic rings. The Balaban J connectivity index is 2.15. The number of benzene rings is 2. The van der Waals surface area contributed by atoms with Gasteiger partial charge >= 0.3 is 0 Å². The fourth-order valence-corrected chi connectivity index (χ4v) is 2.62. The summed E-state index contributed by atoms with van der Waals surface area (Å²) in [5.41, 5.74) is 2.25. The predicted molar refractivity (Wildman–Crippen MR) is 98.1 cm³/mol. The minimum atomic E-state index is -0.217. The molecule has 4 heteroatoms. The van der Waals surface area contributed by atoms with Crippen molar-refractivity contribution < 1.29 is 9.59 Å². The van der Waals surface area contributed by atoms with E-state index < -0.39 is 0 Å². The fourth-order valence-electron chi connectivity index (χ4n) is 2.62. The van der Waals surface area contributed by atoms with Gasteiger partial charge in [-0.2, -0.15) is 0 Å². The minimum absolute atomic E-state index is 0.0469. The Hall–Kier alpha value is -2.62. The Labute approximate surface area is 143 Å². The van der Waals surface area contributed by atoms with Gasteiger partial charge in [0.2, 0.25) is 11.8 Å². The smallest absolute Gasteiger partial charge is 0.231 e. The van der Waals surface area contributed by atoms with Crippen LogP contribution in [0.3, 0.4) is 0 Å². The monoisotopic (exact) mass is 324 g/mol. The number of hydrogen-bond acceptors (Lipinski definition) is 2. The Morgan fingerprint density at radius 3 is 2.04 bits per heavy atom. The van der Waals surface area contributed by atoms with Gasteiger partial charge in [-0.3, -0.25) is 9.59 Å². The summed E-state index contributed by atoms with van der Waals surface area (Å²) < 4.78 is 0. The van der Waals surface area contributed by atoms with E-state index in [-0.39, 0.29) is 17.7 Å². The molecule has 2 amide bonds. The lowest BCUT2D eigenvalue weighted by Gasteiger charge is -2.17. The number of carbonyl (C=O) groups is 2. The fraction of sp³-hybridized carbons (Fsp3) is 0.300. The topological polar surface area (TPSA) is 58.2 Å². The van der Waals surface area contributed by atoms with E-state index in [9.17, 15) is 9.59 Å². The van der Waals surface area contributed by atoms with Gasteiger partial charge in [0.1, 0.15) is 0 Å². The lowest BCUT2D eigenvalue weighted by Crippen LogP contribution is -2.22. The highest BCUT2D eigenvalue weighted by atomic mass is 16.2. The van der Waals surface area contributed by atoms with Gasteiger partial charge in [0.05, 0.1) is 17.3 Å².